The van der Waals surface area contributed by atoms with Crippen LogP contribution in [0, 0.1) is 0 Å². The molecule has 0 aliphatic carbocycles. The van der Waals surface area contributed by atoms with Gasteiger partial charge in [0.05, 0.1) is 0 Å². The first-order valence-electron chi connectivity index (χ1n) is 6.10. The molecule has 0 saturated heterocycles. The van der Waals surface area contributed by atoms with E-state index in [-0.39, 0.29) is 19.4 Å². The second-order valence-corrected chi connectivity index (χ2v) is 5.15. The molecule has 3 N–H and O–H groups in total. The smallest absolute Gasteiger partial charge is 0.336 e. The molecular formula is C13H23NO5. The molecule has 6 nitrogen and oxygen atoms in total. The minimum atomic E-state index is -1.46. The van der Waals surface area contributed by atoms with E-state index in [1.165, 1.54) is 6.08 Å². The number of aliphatic hydroxyl groups is 1. The van der Waals surface area contributed by atoms with Crippen LogP contribution < -0.4 is 5.73 Å². The maximum absolute atomic E-state index is 11.4. The third kappa shape index (κ3) is 8.34. The minimum Gasteiger partial charge on any atom is -0.460 e. The van der Waals surface area contributed by atoms with Crippen LogP contribution in [0.15, 0.2) is 12.7 Å². The van der Waals surface area contributed by atoms with E-state index in [0.717, 1.165) is 0 Å². The highest BCUT2D eigenvalue weighted by Gasteiger charge is 2.25. The van der Waals surface area contributed by atoms with Gasteiger partial charge in [0.15, 0.2) is 6.10 Å². The summed E-state index contributed by atoms with van der Waals surface area (Å²) >= 11 is 0. The summed E-state index contributed by atoms with van der Waals surface area (Å²) in [7, 11) is 0. The quantitative estimate of drug-likeness (QED) is 0.518. The Bertz CT molecular complexity index is 321. The maximum atomic E-state index is 11.4. The van der Waals surface area contributed by atoms with Gasteiger partial charge in [-0.1, -0.05) is 12.7 Å². The van der Waals surface area contributed by atoms with Gasteiger partial charge in [0.25, 0.3) is 0 Å². The minimum absolute atomic E-state index is 0.00861. The molecule has 0 fully saturated rings. The Labute approximate surface area is 113 Å². The van der Waals surface area contributed by atoms with E-state index >= 15 is 0 Å². The number of hydrogen-bond acceptors (Lipinski definition) is 6. The van der Waals surface area contributed by atoms with E-state index in [1.54, 1.807) is 20.8 Å². The first-order valence-corrected chi connectivity index (χ1v) is 6.10. The van der Waals surface area contributed by atoms with E-state index in [2.05, 4.69) is 11.3 Å². The van der Waals surface area contributed by atoms with Gasteiger partial charge >= 0.3 is 11.9 Å². The summed E-state index contributed by atoms with van der Waals surface area (Å²) in [6.07, 6.45) is 0.0998. The SMILES string of the molecule is C=CCOC(=O)C(O)C(N)CCC(=O)OC(C)(C)C. The Morgan fingerprint density at radius 1 is 1.42 bits per heavy atom. The van der Waals surface area contributed by atoms with Gasteiger partial charge in [0.1, 0.15) is 12.2 Å². The molecule has 0 saturated carbocycles. The summed E-state index contributed by atoms with van der Waals surface area (Å²) in [6, 6.07) is -0.871. The van der Waals surface area contributed by atoms with Crippen molar-refractivity contribution in [3.63, 3.8) is 0 Å². The molecule has 0 aromatic rings. The van der Waals surface area contributed by atoms with Gasteiger partial charge < -0.3 is 20.3 Å². The van der Waals surface area contributed by atoms with Crippen molar-refractivity contribution in [1.29, 1.82) is 0 Å². The van der Waals surface area contributed by atoms with E-state index in [1.807, 2.05) is 0 Å². The first-order chi connectivity index (χ1) is 8.67. The van der Waals surface area contributed by atoms with Crippen molar-refractivity contribution in [2.75, 3.05) is 6.61 Å². The van der Waals surface area contributed by atoms with E-state index in [0.29, 0.717) is 0 Å². The second kappa shape index (κ2) is 7.91. The van der Waals surface area contributed by atoms with Gasteiger partial charge in [-0.15, -0.1) is 0 Å². The van der Waals surface area contributed by atoms with Crippen molar-refractivity contribution in [3.05, 3.63) is 12.7 Å². The van der Waals surface area contributed by atoms with Crippen molar-refractivity contribution < 1.29 is 24.2 Å². The lowest BCUT2D eigenvalue weighted by Gasteiger charge is -2.21. The van der Waals surface area contributed by atoms with Gasteiger partial charge in [-0.25, -0.2) is 4.79 Å². The number of rotatable bonds is 7. The van der Waals surface area contributed by atoms with Gasteiger partial charge in [0.2, 0.25) is 0 Å². The summed E-state index contributed by atoms with van der Waals surface area (Å²) in [5, 5.41) is 9.57. The van der Waals surface area contributed by atoms with Gasteiger partial charge in [-0.3, -0.25) is 4.79 Å². The molecule has 0 aliphatic rings. The average Bonchev–Trinajstić information content (AvgIpc) is 2.29. The molecule has 0 aromatic carbocycles. The standard InChI is InChI=1S/C13H23NO5/c1-5-8-18-12(17)11(16)9(14)6-7-10(15)19-13(2,3)4/h5,9,11,16H,1,6-8,14H2,2-4H3. The largest absolute Gasteiger partial charge is 0.460 e. The molecule has 2 unspecified atom stereocenters. The molecule has 0 amide bonds. The molecule has 0 heterocycles. The average molecular weight is 273 g/mol. The van der Waals surface area contributed by atoms with Gasteiger partial charge in [0, 0.05) is 12.5 Å². The molecule has 19 heavy (non-hydrogen) atoms. The van der Waals surface area contributed by atoms with Crippen LogP contribution in [0.5, 0.6) is 0 Å². The molecule has 0 bridgehead atoms. The Morgan fingerprint density at radius 2 is 2.00 bits per heavy atom. The summed E-state index contributed by atoms with van der Waals surface area (Å²) in [4.78, 5) is 22.7. The molecule has 110 valence electrons. The zero-order valence-electron chi connectivity index (χ0n) is 11.7. The van der Waals surface area contributed by atoms with Crippen molar-refractivity contribution in [2.24, 2.45) is 5.73 Å². The van der Waals surface area contributed by atoms with Crippen LogP contribution in [0.1, 0.15) is 33.6 Å². The number of carbonyl (C=O) groups is 2. The molecular weight excluding hydrogens is 250 g/mol. The van der Waals surface area contributed by atoms with Crippen LogP contribution in [0.4, 0.5) is 0 Å². The zero-order valence-corrected chi connectivity index (χ0v) is 11.7. The van der Waals surface area contributed by atoms with Crippen molar-refractivity contribution in [3.8, 4) is 0 Å². The molecule has 0 radical (unpaired) electrons. The molecule has 0 spiro atoms. The zero-order chi connectivity index (χ0) is 15.1. The van der Waals surface area contributed by atoms with Crippen molar-refractivity contribution in [1.82, 2.24) is 0 Å². The highest BCUT2D eigenvalue weighted by Crippen LogP contribution is 2.10. The number of aliphatic hydroxyl groups excluding tert-OH is 1. The molecule has 0 aromatic heterocycles. The first kappa shape index (κ1) is 17.6. The molecule has 0 aliphatic heterocycles. The Balaban J connectivity index is 4.09. The predicted molar refractivity (Wildman–Crippen MR) is 70.2 cm³/mol. The Morgan fingerprint density at radius 3 is 2.47 bits per heavy atom. The van der Waals surface area contributed by atoms with Crippen LogP contribution in [-0.2, 0) is 19.1 Å². The van der Waals surface area contributed by atoms with Gasteiger partial charge in [-0.2, -0.15) is 0 Å². The fourth-order valence-corrected chi connectivity index (χ4v) is 1.24. The van der Waals surface area contributed by atoms with E-state index in [4.69, 9.17) is 10.5 Å². The highest BCUT2D eigenvalue weighted by atomic mass is 16.6. The van der Waals surface area contributed by atoms with Crippen molar-refractivity contribution >= 4 is 11.9 Å². The number of hydrogen-bond donors (Lipinski definition) is 2. The van der Waals surface area contributed by atoms with E-state index in [9.17, 15) is 14.7 Å². The molecule has 0 rings (SSSR count). The molecule has 6 heteroatoms. The van der Waals surface area contributed by atoms with E-state index < -0.39 is 29.7 Å². The van der Waals surface area contributed by atoms with Crippen LogP contribution in [-0.4, -0.2) is 41.4 Å². The third-order valence-corrected chi connectivity index (χ3v) is 2.09. The summed E-state index contributed by atoms with van der Waals surface area (Å²) < 4.78 is 9.75. The van der Waals surface area contributed by atoms with Crippen LogP contribution in [0.2, 0.25) is 0 Å². The number of nitrogens with two attached hydrogens (primary N) is 1. The predicted octanol–water partition coefficient (Wildman–Crippen LogP) is 0.526. The lowest BCUT2D eigenvalue weighted by molar-refractivity contribution is -0.157. The van der Waals surface area contributed by atoms with Crippen molar-refractivity contribution in [2.45, 2.75) is 51.4 Å². The fraction of sp³-hybridized carbons (Fsp3) is 0.692. The third-order valence-electron chi connectivity index (χ3n) is 2.09. The fourth-order valence-electron chi connectivity index (χ4n) is 1.24. The summed E-state index contributed by atoms with van der Waals surface area (Å²) in [5.74, 6) is -1.24. The number of carbonyl (C=O) groups excluding carboxylic acids is 2. The summed E-state index contributed by atoms with van der Waals surface area (Å²) in [5.41, 5.74) is 5.05. The van der Waals surface area contributed by atoms with Crippen LogP contribution in [0.3, 0.4) is 0 Å². The maximum Gasteiger partial charge on any atom is 0.336 e. The lowest BCUT2D eigenvalue weighted by atomic mass is 10.1. The van der Waals surface area contributed by atoms with Crippen LogP contribution in [0.25, 0.3) is 0 Å². The summed E-state index contributed by atoms with van der Waals surface area (Å²) in [6.45, 7) is 8.66. The second-order valence-electron chi connectivity index (χ2n) is 5.15. The highest BCUT2D eigenvalue weighted by molar-refractivity contribution is 5.75. The molecule has 2 atom stereocenters. The normalized spacial score (nSPS) is 14.4. The Kier molecular flexibility index (Phi) is 7.33. The topological polar surface area (TPSA) is 98.9 Å². The number of ether oxygens (including phenoxy) is 2. The lowest BCUT2D eigenvalue weighted by Crippen LogP contribution is -2.42. The monoisotopic (exact) mass is 273 g/mol. The van der Waals surface area contributed by atoms with Gasteiger partial charge in [-0.05, 0) is 27.2 Å². The Hall–Kier alpha value is -1.40. The number of esters is 2. The van der Waals surface area contributed by atoms with Crippen LogP contribution >= 0.6 is 0 Å².